The predicted molar refractivity (Wildman–Crippen MR) is 91.4 cm³/mol. The highest BCUT2D eigenvalue weighted by atomic mass is 19.1. The molecule has 0 aliphatic carbocycles. The largest absolute Gasteiger partial charge is 0.475 e. The highest BCUT2D eigenvalue weighted by Gasteiger charge is 2.23. The smallest absolute Gasteiger partial charge is 0.218 e. The van der Waals surface area contributed by atoms with E-state index in [1.807, 2.05) is 24.3 Å². The summed E-state index contributed by atoms with van der Waals surface area (Å²) in [7, 11) is 0. The summed E-state index contributed by atoms with van der Waals surface area (Å²) in [6, 6.07) is 14.1. The lowest BCUT2D eigenvalue weighted by Gasteiger charge is -2.24. The lowest BCUT2D eigenvalue weighted by molar-refractivity contribution is 0.318. The standard InChI is InChI=1S/C18H20FN3O/c1-2-22(15-9-7-13(19)8-10-15)11-14-12-23-18(21-14)16-5-3-4-6-17(16)20/h3-10,14H,2,11-12,20H2,1H3/t14-/m0/s1. The number of anilines is 2. The zero-order valence-electron chi connectivity index (χ0n) is 13.1. The van der Waals surface area contributed by atoms with Crippen molar-refractivity contribution in [3.63, 3.8) is 0 Å². The third kappa shape index (κ3) is 3.44. The van der Waals surface area contributed by atoms with Crippen molar-refractivity contribution in [2.45, 2.75) is 13.0 Å². The zero-order chi connectivity index (χ0) is 16.2. The van der Waals surface area contributed by atoms with E-state index >= 15 is 0 Å². The van der Waals surface area contributed by atoms with E-state index in [4.69, 9.17) is 10.5 Å². The maximum absolute atomic E-state index is 13.1. The van der Waals surface area contributed by atoms with Crippen LogP contribution in [0.3, 0.4) is 0 Å². The molecule has 3 rings (SSSR count). The van der Waals surface area contributed by atoms with Crippen molar-refractivity contribution in [3.8, 4) is 0 Å². The SMILES string of the molecule is CCN(C[C@H]1COC(c2ccccc2N)=N1)c1ccc(F)cc1. The van der Waals surface area contributed by atoms with E-state index in [1.165, 1.54) is 12.1 Å². The fraction of sp³-hybridized carbons (Fsp3) is 0.278. The fourth-order valence-electron chi connectivity index (χ4n) is 2.67. The normalized spacial score (nSPS) is 16.8. The van der Waals surface area contributed by atoms with Gasteiger partial charge >= 0.3 is 0 Å². The van der Waals surface area contributed by atoms with E-state index in [2.05, 4.69) is 16.8 Å². The summed E-state index contributed by atoms with van der Waals surface area (Å²) < 4.78 is 18.8. The Balaban J connectivity index is 1.73. The third-order valence-electron chi connectivity index (χ3n) is 3.91. The van der Waals surface area contributed by atoms with Crippen molar-refractivity contribution < 1.29 is 9.13 Å². The molecule has 1 heterocycles. The van der Waals surface area contributed by atoms with Gasteiger partial charge in [0.1, 0.15) is 18.5 Å². The van der Waals surface area contributed by atoms with Gasteiger partial charge in [-0.05, 0) is 43.3 Å². The van der Waals surface area contributed by atoms with E-state index in [0.29, 0.717) is 18.2 Å². The second-order valence-corrected chi connectivity index (χ2v) is 5.50. The van der Waals surface area contributed by atoms with Gasteiger partial charge in [-0.3, -0.25) is 0 Å². The Morgan fingerprint density at radius 1 is 1.22 bits per heavy atom. The Morgan fingerprint density at radius 3 is 2.65 bits per heavy atom. The van der Waals surface area contributed by atoms with Gasteiger partial charge in [-0.1, -0.05) is 12.1 Å². The van der Waals surface area contributed by atoms with E-state index in [9.17, 15) is 4.39 Å². The number of likely N-dealkylation sites (N-methyl/N-ethyl adjacent to an activating group) is 1. The summed E-state index contributed by atoms with van der Waals surface area (Å²) in [5.74, 6) is 0.372. The van der Waals surface area contributed by atoms with Crippen molar-refractivity contribution >= 4 is 17.3 Å². The minimum atomic E-state index is -0.228. The first-order valence-corrected chi connectivity index (χ1v) is 7.73. The van der Waals surface area contributed by atoms with Gasteiger partial charge < -0.3 is 15.4 Å². The highest BCUT2D eigenvalue weighted by Crippen LogP contribution is 2.20. The quantitative estimate of drug-likeness (QED) is 0.863. The summed E-state index contributed by atoms with van der Waals surface area (Å²) in [6.07, 6.45) is 0. The Bertz CT molecular complexity index is 700. The monoisotopic (exact) mass is 313 g/mol. The number of ether oxygens (including phenoxy) is 1. The third-order valence-corrected chi connectivity index (χ3v) is 3.91. The molecule has 2 N–H and O–H groups in total. The molecule has 2 aromatic rings. The minimum absolute atomic E-state index is 0.0367. The van der Waals surface area contributed by atoms with E-state index in [1.54, 1.807) is 12.1 Å². The number of hydrogen-bond acceptors (Lipinski definition) is 4. The molecule has 0 bridgehead atoms. The number of aliphatic imine (C=N–C) groups is 1. The predicted octanol–water partition coefficient (Wildman–Crippen LogP) is 3.08. The first kappa shape index (κ1) is 15.3. The van der Waals surface area contributed by atoms with E-state index in [-0.39, 0.29) is 11.9 Å². The summed E-state index contributed by atoms with van der Waals surface area (Å²) in [4.78, 5) is 6.81. The molecule has 1 aliphatic heterocycles. The van der Waals surface area contributed by atoms with Gasteiger partial charge in [-0.15, -0.1) is 0 Å². The van der Waals surface area contributed by atoms with Crippen LogP contribution in [0.15, 0.2) is 53.5 Å². The van der Waals surface area contributed by atoms with Crippen LogP contribution in [-0.2, 0) is 4.74 Å². The van der Waals surface area contributed by atoms with Gasteiger partial charge in [0.2, 0.25) is 5.90 Å². The van der Waals surface area contributed by atoms with Crippen molar-refractivity contribution in [3.05, 3.63) is 59.9 Å². The molecule has 120 valence electrons. The summed E-state index contributed by atoms with van der Waals surface area (Å²) in [5.41, 5.74) is 8.45. The molecule has 0 spiro atoms. The van der Waals surface area contributed by atoms with Gasteiger partial charge in [0.15, 0.2) is 0 Å². The van der Waals surface area contributed by atoms with Crippen LogP contribution < -0.4 is 10.6 Å². The number of para-hydroxylation sites is 1. The summed E-state index contributed by atoms with van der Waals surface area (Å²) >= 11 is 0. The minimum Gasteiger partial charge on any atom is -0.475 e. The van der Waals surface area contributed by atoms with Crippen LogP contribution in [-0.4, -0.2) is 31.6 Å². The Hall–Kier alpha value is -2.56. The van der Waals surface area contributed by atoms with E-state index in [0.717, 1.165) is 24.3 Å². The molecule has 5 heteroatoms. The molecule has 2 aromatic carbocycles. The topological polar surface area (TPSA) is 50.9 Å². The van der Waals surface area contributed by atoms with Gasteiger partial charge in [0.05, 0.1) is 5.56 Å². The molecular formula is C18H20FN3O. The van der Waals surface area contributed by atoms with Crippen molar-refractivity contribution in [1.82, 2.24) is 0 Å². The molecule has 4 nitrogen and oxygen atoms in total. The van der Waals surface area contributed by atoms with Gasteiger partial charge in [0, 0.05) is 24.5 Å². The first-order chi connectivity index (χ1) is 11.2. The van der Waals surface area contributed by atoms with Crippen LogP contribution in [0.25, 0.3) is 0 Å². The molecule has 1 aliphatic rings. The van der Waals surface area contributed by atoms with Gasteiger partial charge in [-0.2, -0.15) is 0 Å². The average Bonchev–Trinajstić information content (AvgIpc) is 3.02. The molecule has 0 amide bonds. The molecule has 0 radical (unpaired) electrons. The van der Waals surface area contributed by atoms with Crippen LogP contribution in [0.2, 0.25) is 0 Å². The maximum atomic E-state index is 13.1. The molecule has 0 saturated heterocycles. The number of nitrogen functional groups attached to an aromatic ring is 1. The number of halogens is 1. The number of rotatable bonds is 5. The van der Waals surface area contributed by atoms with Crippen molar-refractivity contribution in [2.24, 2.45) is 4.99 Å². The van der Waals surface area contributed by atoms with Gasteiger partial charge in [-0.25, -0.2) is 9.38 Å². The molecule has 0 aromatic heterocycles. The van der Waals surface area contributed by atoms with Crippen LogP contribution in [0.4, 0.5) is 15.8 Å². The van der Waals surface area contributed by atoms with Crippen LogP contribution in [0.5, 0.6) is 0 Å². The van der Waals surface area contributed by atoms with Crippen LogP contribution in [0, 0.1) is 5.82 Å². The molecule has 0 fully saturated rings. The number of benzene rings is 2. The van der Waals surface area contributed by atoms with Crippen LogP contribution >= 0.6 is 0 Å². The number of nitrogens with zero attached hydrogens (tertiary/aromatic N) is 2. The Kier molecular flexibility index (Phi) is 4.46. The van der Waals surface area contributed by atoms with Crippen molar-refractivity contribution in [1.29, 1.82) is 0 Å². The zero-order valence-corrected chi connectivity index (χ0v) is 13.1. The van der Waals surface area contributed by atoms with Crippen LogP contribution in [0.1, 0.15) is 12.5 Å². The fourth-order valence-corrected chi connectivity index (χ4v) is 2.67. The molecule has 0 saturated carbocycles. The Morgan fingerprint density at radius 2 is 1.96 bits per heavy atom. The van der Waals surface area contributed by atoms with E-state index < -0.39 is 0 Å². The second kappa shape index (κ2) is 6.69. The van der Waals surface area contributed by atoms with Crippen molar-refractivity contribution in [2.75, 3.05) is 30.3 Å². The average molecular weight is 313 g/mol. The maximum Gasteiger partial charge on any atom is 0.218 e. The molecular weight excluding hydrogens is 293 g/mol. The number of hydrogen-bond donors (Lipinski definition) is 1. The number of nitrogens with two attached hydrogens (primary N) is 1. The first-order valence-electron chi connectivity index (χ1n) is 7.73. The lowest BCUT2D eigenvalue weighted by atomic mass is 10.2. The summed E-state index contributed by atoms with van der Waals surface area (Å²) in [6.45, 7) is 4.14. The molecule has 0 unspecified atom stereocenters. The van der Waals surface area contributed by atoms with Gasteiger partial charge in [0.25, 0.3) is 0 Å². The Labute approximate surface area is 135 Å². The summed E-state index contributed by atoms with van der Waals surface area (Å²) in [5, 5.41) is 0. The second-order valence-electron chi connectivity index (χ2n) is 5.50. The highest BCUT2D eigenvalue weighted by molar-refractivity contribution is 5.99. The molecule has 23 heavy (non-hydrogen) atoms. The molecule has 1 atom stereocenters. The lowest BCUT2D eigenvalue weighted by Crippen LogP contribution is -2.32.